The number of amides is 1. The fourth-order valence-electron chi connectivity index (χ4n) is 1.86. The smallest absolute Gasteiger partial charge is 0.251 e. The summed E-state index contributed by atoms with van der Waals surface area (Å²) < 4.78 is 0. The van der Waals surface area contributed by atoms with Crippen LogP contribution < -0.4 is 5.32 Å². The zero-order valence-electron chi connectivity index (χ0n) is 11.5. The Kier molecular flexibility index (Phi) is 3.95. The largest absolute Gasteiger partial charge is 0.344 e. The summed E-state index contributed by atoms with van der Waals surface area (Å²) in [6, 6.07) is 13.3. The molecule has 0 bridgehead atoms. The number of pyridine rings is 1. The van der Waals surface area contributed by atoms with E-state index in [1.54, 1.807) is 0 Å². The summed E-state index contributed by atoms with van der Waals surface area (Å²) in [6.45, 7) is 5.88. The number of hydrogen-bond acceptors (Lipinski definition) is 2. The molecule has 0 aliphatic carbocycles. The maximum absolute atomic E-state index is 12.1. The topological polar surface area (TPSA) is 42.0 Å². The van der Waals surface area contributed by atoms with Gasteiger partial charge in [0, 0.05) is 11.3 Å². The van der Waals surface area contributed by atoms with Crippen LogP contribution >= 0.6 is 0 Å². The summed E-state index contributed by atoms with van der Waals surface area (Å²) >= 11 is 0. The first-order chi connectivity index (χ1) is 9.06. The highest BCUT2D eigenvalue weighted by Gasteiger charge is 2.12. The van der Waals surface area contributed by atoms with E-state index in [-0.39, 0.29) is 11.9 Å². The summed E-state index contributed by atoms with van der Waals surface area (Å²) in [4.78, 5) is 16.5. The predicted octanol–water partition coefficient (Wildman–Crippen LogP) is 3.19. The number of aryl methyl sites for hydroxylation is 2. The van der Waals surface area contributed by atoms with Crippen molar-refractivity contribution in [1.29, 1.82) is 0 Å². The van der Waals surface area contributed by atoms with Gasteiger partial charge in [0.1, 0.15) is 0 Å². The Hall–Kier alpha value is -2.16. The first-order valence-corrected chi connectivity index (χ1v) is 6.37. The van der Waals surface area contributed by atoms with Gasteiger partial charge in [-0.15, -0.1) is 0 Å². The van der Waals surface area contributed by atoms with Crippen LogP contribution in [0.15, 0.2) is 42.5 Å². The molecule has 3 heteroatoms. The highest BCUT2D eigenvalue weighted by molar-refractivity contribution is 5.94. The quantitative estimate of drug-likeness (QED) is 0.914. The van der Waals surface area contributed by atoms with Gasteiger partial charge in [0.05, 0.1) is 11.7 Å². The number of nitrogens with zero attached hydrogens (tertiary/aromatic N) is 1. The Morgan fingerprint density at radius 3 is 2.42 bits per heavy atom. The van der Waals surface area contributed by atoms with Crippen LogP contribution in [-0.2, 0) is 0 Å². The van der Waals surface area contributed by atoms with Crippen molar-refractivity contribution in [1.82, 2.24) is 10.3 Å². The first kappa shape index (κ1) is 13.3. The van der Waals surface area contributed by atoms with Gasteiger partial charge in [0.15, 0.2) is 0 Å². The van der Waals surface area contributed by atoms with Gasteiger partial charge >= 0.3 is 0 Å². The predicted molar refractivity (Wildman–Crippen MR) is 76.0 cm³/mol. The third-order valence-electron chi connectivity index (χ3n) is 3.01. The van der Waals surface area contributed by atoms with Crippen molar-refractivity contribution in [3.63, 3.8) is 0 Å². The number of nitrogens with one attached hydrogen (secondary N) is 1. The lowest BCUT2D eigenvalue weighted by molar-refractivity contribution is 0.0939. The first-order valence-electron chi connectivity index (χ1n) is 6.37. The number of aromatic nitrogens is 1. The van der Waals surface area contributed by atoms with Gasteiger partial charge < -0.3 is 5.32 Å². The van der Waals surface area contributed by atoms with Crippen LogP contribution in [0.1, 0.15) is 40.3 Å². The van der Waals surface area contributed by atoms with E-state index in [1.807, 2.05) is 63.2 Å². The molecule has 0 aliphatic rings. The molecule has 0 saturated carbocycles. The average Bonchev–Trinajstić information content (AvgIpc) is 2.39. The molecule has 2 rings (SSSR count). The molecule has 3 nitrogen and oxygen atoms in total. The van der Waals surface area contributed by atoms with Crippen LogP contribution in [0.2, 0.25) is 0 Å². The molecule has 0 aliphatic heterocycles. The average molecular weight is 254 g/mol. The van der Waals surface area contributed by atoms with Crippen LogP contribution in [-0.4, -0.2) is 10.9 Å². The molecule has 2 aromatic rings. The number of carbonyl (C=O) groups excluding carboxylic acids is 1. The van der Waals surface area contributed by atoms with Gasteiger partial charge in [0.2, 0.25) is 0 Å². The van der Waals surface area contributed by atoms with Crippen molar-refractivity contribution in [2.24, 2.45) is 0 Å². The van der Waals surface area contributed by atoms with E-state index in [1.165, 1.54) is 0 Å². The molecule has 1 amide bonds. The molecule has 0 fully saturated rings. The van der Waals surface area contributed by atoms with Crippen LogP contribution in [0.4, 0.5) is 0 Å². The Morgan fingerprint density at radius 2 is 1.79 bits per heavy atom. The fraction of sp³-hybridized carbons (Fsp3) is 0.250. The molecular weight excluding hydrogens is 236 g/mol. The van der Waals surface area contributed by atoms with E-state index in [9.17, 15) is 4.79 Å². The maximum Gasteiger partial charge on any atom is 0.251 e. The van der Waals surface area contributed by atoms with Crippen LogP contribution in [0.3, 0.4) is 0 Å². The lowest BCUT2D eigenvalue weighted by Crippen LogP contribution is -2.27. The third kappa shape index (κ3) is 3.41. The summed E-state index contributed by atoms with van der Waals surface area (Å²) in [7, 11) is 0. The summed E-state index contributed by atoms with van der Waals surface area (Å²) in [5.74, 6) is -0.0733. The molecule has 1 N–H and O–H groups in total. The van der Waals surface area contributed by atoms with Gasteiger partial charge in [-0.25, -0.2) is 0 Å². The lowest BCUT2D eigenvalue weighted by Gasteiger charge is -2.14. The Labute approximate surface area is 113 Å². The summed E-state index contributed by atoms with van der Waals surface area (Å²) in [5, 5.41) is 2.96. The molecule has 0 saturated heterocycles. The van der Waals surface area contributed by atoms with E-state index in [2.05, 4.69) is 10.3 Å². The van der Waals surface area contributed by atoms with Crippen LogP contribution in [0, 0.1) is 13.8 Å². The Balaban J connectivity index is 2.08. The van der Waals surface area contributed by atoms with E-state index < -0.39 is 0 Å². The van der Waals surface area contributed by atoms with Gasteiger partial charge in [-0.2, -0.15) is 0 Å². The minimum Gasteiger partial charge on any atom is -0.344 e. The minimum atomic E-state index is -0.103. The van der Waals surface area contributed by atoms with E-state index in [4.69, 9.17) is 0 Å². The minimum absolute atomic E-state index is 0.0733. The zero-order chi connectivity index (χ0) is 13.8. The third-order valence-corrected chi connectivity index (χ3v) is 3.01. The second-order valence-electron chi connectivity index (χ2n) is 4.77. The van der Waals surface area contributed by atoms with Gasteiger partial charge in [-0.1, -0.05) is 23.8 Å². The fourth-order valence-corrected chi connectivity index (χ4v) is 1.86. The summed E-state index contributed by atoms with van der Waals surface area (Å²) in [5.41, 5.74) is 3.64. The SMILES string of the molecule is Cc1ccc(C(=O)NC(C)c2cccc(C)n2)cc1. The van der Waals surface area contributed by atoms with E-state index in [0.717, 1.165) is 17.0 Å². The Bertz CT molecular complexity index is 576. The van der Waals surface area contributed by atoms with Gasteiger partial charge in [-0.3, -0.25) is 9.78 Å². The Morgan fingerprint density at radius 1 is 1.11 bits per heavy atom. The molecule has 1 aromatic carbocycles. The highest BCUT2D eigenvalue weighted by Crippen LogP contribution is 2.11. The zero-order valence-corrected chi connectivity index (χ0v) is 11.5. The summed E-state index contributed by atoms with van der Waals surface area (Å²) in [6.07, 6.45) is 0. The van der Waals surface area contributed by atoms with Crippen molar-refractivity contribution in [3.8, 4) is 0 Å². The number of rotatable bonds is 3. The van der Waals surface area contributed by atoms with Crippen molar-refractivity contribution in [2.75, 3.05) is 0 Å². The lowest BCUT2D eigenvalue weighted by atomic mass is 10.1. The molecule has 1 heterocycles. The molecule has 0 spiro atoms. The number of benzene rings is 1. The van der Waals surface area contributed by atoms with Crippen molar-refractivity contribution < 1.29 is 4.79 Å². The van der Waals surface area contributed by atoms with Crippen molar-refractivity contribution >= 4 is 5.91 Å². The van der Waals surface area contributed by atoms with E-state index >= 15 is 0 Å². The highest BCUT2D eigenvalue weighted by atomic mass is 16.1. The van der Waals surface area contributed by atoms with Crippen LogP contribution in [0.5, 0.6) is 0 Å². The van der Waals surface area contributed by atoms with Gasteiger partial charge in [0.25, 0.3) is 5.91 Å². The second kappa shape index (κ2) is 5.65. The second-order valence-corrected chi connectivity index (χ2v) is 4.77. The molecule has 1 atom stereocenters. The normalized spacial score (nSPS) is 11.9. The molecular formula is C16H18N2O. The number of carbonyl (C=O) groups is 1. The maximum atomic E-state index is 12.1. The molecule has 98 valence electrons. The number of hydrogen-bond donors (Lipinski definition) is 1. The molecule has 1 aromatic heterocycles. The van der Waals surface area contributed by atoms with Gasteiger partial charge in [-0.05, 0) is 45.0 Å². The van der Waals surface area contributed by atoms with Crippen molar-refractivity contribution in [2.45, 2.75) is 26.8 Å². The molecule has 19 heavy (non-hydrogen) atoms. The monoisotopic (exact) mass is 254 g/mol. The standard InChI is InChI=1S/C16H18N2O/c1-11-7-9-14(10-8-11)16(19)18-13(3)15-6-4-5-12(2)17-15/h4-10,13H,1-3H3,(H,18,19). The molecule has 0 radical (unpaired) electrons. The van der Waals surface area contributed by atoms with E-state index in [0.29, 0.717) is 5.56 Å². The van der Waals surface area contributed by atoms with Crippen molar-refractivity contribution in [3.05, 3.63) is 65.0 Å². The molecule has 1 unspecified atom stereocenters. The van der Waals surface area contributed by atoms with Crippen LogP contribution in [0.25, 0.3) is 0 Å².